The van der Waals surface area contributed by atoms with E-state index < -0.39 is 0 Å². The van der Waals surface area contributed by atoms with Gasteiger partial charge in [0.1, 0.15) is 0 Å². The molecular formula is C14H31ClCoN5. The second-order valence-corrected chi connectivity index (χ2v) is 5.34. The Balaban J connectivity index is 0.000000354. The van der Waals surface area contributed by atoms with E-state index in [0.29, 0.717) is 12.1 Å². The fourth-order valence-electron chi connectivity index (χ4n) is 2.44. The maximum atomic E-state index is 5.41. The van der Waals surface area contributed by atoms with Crippen LogP contribution in [0.25, 0.3) is 10.6 Å². The number of nitrogens with zero attached hydrogens (tertiary/aromatic N) is 2. The summed E-state index contributed by atoms with van der Waals surface area (Å²) >= 11 is 3.03. The molecule has 0 radical (unpaired) electrons. The zero-order valence-electron chi connectivity index (χ0n) is 12.9. The quantitative estimate of drug-likeness (QED) is 0.652. The van der Waals surface area contributed by atoms with Gasteiger partial charge in [0.15, 0.2) is 0 Å². The van der Waals surface area contributed by atoms with E-state index in [1.54, 1.807) is 0 Å². The van der Waals surface area contributed by atoms with E-state index in [2.05, 4.69) is 40.9 Å². The van der Waals surface area contributed by atoms with Gasteiger partial charge in [-0.2, -0.15) is 0 Å². The molecule has 0 aromatic rings. The molecule has 21 heavy (non-hydrogen) atoms. The summed E-state index contributed by atoms with van der Waals surface area (Å²) in [6.07, 6.45) is 7.71. The van der Waals surface area contributed by atoms with E-state index in [4.69, 9.17) is 11.5 Å². The average molecular weight is 364 g/mol. The van der Waals surface area contributed by atoms with Gasteiger partial charge in [0.2, 0.25) is 0 Å². The van der Waals surface area contributed by atoms with Crippen molar-refractivity contribution in [3.63, 3.8) is 0 Å². The summed E-state index contributed by atoms with van der Waals surface area (Å²) < 4.78 is 0. The van der Waals surface area contributed by atoms with Crippen molar-refractivity contribution in [3.8, 4) is 0 Å². The molecule has 2 aliphatic heterocycles. The van der Waals surface area contributed by atoms with Crippen molar-refractivity contribution in [1.82, 2.24) is 5.32 Å². The Kier molecular flexibility index (Phi) is 17.4. The number of hydrogen-bond acceptors (Lipinski definition) is 3. The number of rotatable bonds is 5. The van der Waals surface area contributed by atoms with Gasteiger partial charge < -0.3 is 27.4 Å². The van der Waals surface area contributed by atoms with Crippen LogP contribution in [0.1, 0.15) is 38.5 Å². The van der Waals surface area contributed by atoms with Gasteiger partial charge in [-0.1, -0.05) is 38.5 Å². The Bertz CT molecular complexity index is 200. The molecule has 0 aromatic carbocycles. The van der Waals surface area contributed by atoms with E-state index in [1.165, 1.54) is 38.5 Å². The first-order chi connectivity index (χ1) is 10.4. The fraction of sp³-hybridized carbons (Fsp3) is 1.00. The van der Waals surface area contributed by atoms with Crippen molar-refractivity contribution in [3.05, 3.63) is 10.6 Å². The van der Waals surface area contributed by atoms with Crippen molar-refractivity contribution in [2.45, 2.75) is 50.6 Å². The van der Waals surface area contributed by atoms with E-state index in [-0.39, 0.29) is 0 Å². The second-order valence-electron chi connectivity index (χ2n) is 5.34. The summed E-state index contributed by atoms with van der Waals surface area (Å²) in [5.41, 5.74) is 10.8. The van der Waals surface area contributed by atoms with E-state index in [1.807, 2.05) is 0 Å². The zero-order valence-corrected chi connectivity index (χ0v) is 14.7. The van der Waals surface area contributed by atoms with Crippen LogP contribution < -0.4 is 16.8 Å². The molecule has 0 saturated carbocycles. The Morgan fingerprint density at radius 2 is 1.52 bits per heavy atom. The van der Waals surface area contributed by atoms with E-state index >= 15 is 0 Å². The fourth-order valence-corrected chi connectivity index (χ4v) is 2.44. The van der Waals surface area contributed by atoms with Gasteiger partial charge >= 0.3 is 25.0 Å². The zero-order chi connectivity index (χ0) is 15.8. The van der Waals surface area contributed by atoms with Crippen LogP contribution in [-0.4, -0.2) is 51.4 Å². The van der Waals surface area contributed by atoms with Crippen molar-refractivity contribution in [2.24, 2.45) is 11.5 Å². The molecule has 2 unspecified atom stereocenters. The third kappa shape index (κ3) is 12.8. The molecule has 2 atom stereocenters. The number of nitrogens with one attached hydrogen (secondary N) is 1. The molecule has 2 heterocycles. The molecule has 5 nitrogen and oxygen atoms in total. The number of hydrogen-bond donors (Lipinski definition) is 3. The van der Waals surface area contributed by atoms with E-state index in [9.17, 15) is 0 Å². The standard InChI is InChI=1S/C8H18N3.C6H13N2.ClH.Co/c9-4-6-10-7-8-3-1-2-5-11-8;7-5-6-3-1-2-4-8-6;;/h8,10H,1-7,9H2;6H,1-5,7H2;1H;/q2*-1;;+3/p-1. The molecule has 5 N–H and O–H groups in total. The third-order valence-electron chi connectivity index (χ3n) is 3.64. The Morgan fingerprint density at radius 3 is 1.90 bits per heavy atom. The van der Waals surface area contributed by atoms with Crippen LogP contribution in [0.5, 0.6) is 0 Å². The topological polar surface area (TPSA) is 92.3 Å². The van der Waals surface area contributed by atoms with Crippen molar-refractivity contribution < 1.29 is 14.8 Å². The number of nitrogens with two attached hydrogens (primary N) is 2. The molecule has 0 bridgehead atoms. The van der Waals surface area contributed by atoms with Crippen molar-refractivity contribution in [2.75, 3.05) is 39.3 Å². The molecule has 2 fully saturated rings. The predicted octanol–water partition coefficient (Wildman–Crippen LogP) is 2.02. The molecular weight excluding hydrogens is 333 g/mol. The molecule has 0 aliphatic carbocycles. The SMILES string of the molecule is NCC1CCCC[N-]1.NCCNCC1CCCC[N-]1.[Cl][Co+2]. The first-order valence-corrected chi connectivity index (χ1v) is 9.36. The first-order valence-electron chi connectivity index (χ1n) is 7.93. The third-order valence-corrected chi connectivity index (χ3v) is 3.64. The van der Waals surface area contributed by atoms with Crippen LogP contribution in [0.2, 0.25) is 0 Å². The molecule has 0 spiro atoms. The van der Waals surface area contributed by atoms with Gasteiger partial charge in [-0.15, -0.1) is 25.2 Å². The monoisotopic (exact) mass is 363 g/mol. The minimum atomic E-state index is 0.490. The molecule has 2 aliphatic rings. The molecule has 0 amide bonds. The van der Waals surface area contributed by atoms with Gasteiger partial charge in [-0.25, -0.2) is 0 Å². The summed E-state index contributed by atoms with van der Waals surface area (Å²) in [7, 11) is 4.33. The Hall–Kier alpha value is 0.596. The molecule has 7 heteroatoms. The maximum absolute atomic E-state index is 5.41. The normalized spacial score (nSPS) is 25.1. The number of piperidine rings is 2. The average Bonchev–Trinajstić information content (AvgIpc) is 2.59. The van der Waals surface area contributed by atoms with Crippen molar-refractivity contribution >= 4 is 10.1 Å². The molecule has 2 saturated heterocycles. The van der Waals surface area contributed by atoms with Crippen LogP contribution in [0, 0.1) is 0 Å². The molecule has 128 valence electrons. The predicted molar refractivity (Wildman–Crippen MR) is 88.6 cm³/mol. The summed E-state index contributed by atoms with van der Waals surface area (Å²) in [4.78, 5) is 0. The van der Waals surface area contributed by atoms with Crippen molar-refractivity contribution in [1.29, 1.82) is 0 Å². The van der Waals surface area contributed by atoms with Crippen LogP contribution in [0.15, 0.2) is 0 Å². The molecule has 0 aromatic heterocycles. The van der Waals surface area contributed by atoms with Gasteiger partial charge in [-0.05, 0) is 13.1 Å². The summed E-state index contributed by atoms with van der Waals surface area (Å²) in [5.74, 6) is 0. The van der Waals surface area contributed by atoms with E-state index in [0.717, 1.165) is 39.3 Å². The summed E-state index contributed by atoms with van der Waals surface area (Å²) in [6.45, 7) is 5.53. The number of halogens is 1. The summed E-state index contributed by atoms with van der Waals surface area (Å²) in [5, 5.41) is 12.1. The summed E-state index contributed by atoms with van der Waals surface area (Å²) in [6, 6.07) is 1.05. The van der Waals surface area contributed by atoms with Crippen LogP contribution in [0.4, 0.5) is 0 Å². The van der Waals surface area contributed by atoms with Gasteiger partial charge in [0.25, 0.3) is 0 Å². The first kappa shape index (κ1) is 21.6. The Labute approximate surface area is 142 Å². The van der Waals surface area contributed by atoms with Crippen LogP contribution in [-0.2, 0) is 14.8 Å². The van der Waals surface area contributed by atoms with Gasteiger partial charge in [0.05, 0.1) is 0 Å². The van der Waals surface area contributed by atoms with Crippen LogP contribution in [0.3, 0.4) is 0 Å². The van der Waals surface area contributed by atoms with Gasteiger partial charge in [0, 0.05) is 13.1 Å². The Morgan fingerprint density at radius 1 is 0.952 bits per heavy atom. The second kappa shape index (κ2) is 17.0. The molecule has 2 rings (SSSR count). The minimum absolute atomic E-state index is 0.490. The van der Waals surface area contributed by atoms with Crippen LogP contribution >= 0.6 is 10.1 Å². The van der Waals surface area contributed by atoms with Gasteiger partial charge in [-0.3, -0.25) is 0 Å².